The van der Waals surface area contributed by atoms with Gasteiger partial charge in [0.15, 0.2) is 0 Å². The molecule has 0 saturated carbocycles. The van der Waals surface area contributed by atoms with Gasteiger partial charge in [0.05, 0.1) is 17.1 Å². The van der Waals surface area contributed by atoms with Crippen molar-refractivity contribution < 1.29 is 4.74 Å². The summed E-state index contributed by atoms with van der Waals surface area (Å²) < 4.78 is 6.13. The van der Waals surface area contributed by atoms with E-state index in [9.17, 15) is 0 Å². The van der Waals surface area contributed by atoms with Crippen molar-refractivity contribution in [2.45, 2.75) is 0 Å². The van der Waals surface area contributed by atoms with Crippen molar-refractivity contribution in [3.63, 3.8) is 0 Å². The van der Waals surface area contributed by atoms with Crippen LogP contribution in [0.5, 0.6) is 5.75 Å². The highest BCUT2D eigenvalue weighted by Gasteiger charge is 2.07. The van der Waals surface area contributed by atoms with Gasteiger partial charge in [0.2, 0.25) is 0 Å². The maximum atomic E-state index is 5.67. The molecule has 2 aromatic rings. The lowest BCUT2D eigenvalue weighted by atomic mass is 10.2. The van der Waals surface area contributed by atoms with Gasteiger partial charge in [-0.15, -0.1) is 0 Å². The first kappa shape index (κ1) is 13.8. The third kappa shape index (κ3) is 3.21. The Kier molecular flexibility index (Phi) is 4.34. The van der Waals surface area contributed by atoms with Crippen LogP contribution in [0.25, 0.3) is 0 Å². The molecule has 0 spiro atoms. The van der Waals surface area contributed by atoms with Gasteiger partial charge < -0.3 is 15.8 Å². The number of nitrogens with zero attached hydrogens (tertiary/aromatic N) is 1. The zero-order valence-corrected chi connectivity index (χ0v) is 12.6. The Morgan fingerprint density at radius 1 is 1.42 bits per heavy atom. The molecule has 0 aliphatic heterocycles. The van der Waals surface area contributed by atoms with Gasteiger partial charge in [0, 0.05) is 18.0 Å². The van der Waals surface area contributed by atoms with Crippen molar-refractivity contribution in [3.8, 4) is 5.75 Å². The SMILES string of the molecule is COc1cc(Nc2ncccc2C(N)=S)ccc1Br. The molecular formula is C13H12BrN3OS. The van der Waals surface area contributed by atoms with E-state index in [0.717, 1.165) is 15.9 Å². The molecule has 0 unspecified atom stereocenters. The maximum absolute atomic E-state index is 5.67. The molecule has 0 bridgehead atoms. The molecule has 4 nitrogen and oxygen atoms in total. The number of rotatable bonds is 4. The molecule has 0 amide bonds. The number of nitrogens with two attached hydrogens (primary N) is 1. The third-order valence-electron chi connectivity index (χ3n) is 2.49. The van der Waals surface area contributed by atoms with Crippen LogP contribution in [0.3, 0.4) is 0 Å². The molecule has 6 heteroatoms. The first-order valence-electron chi connectivity index (χ1n) is 5.47. The summed E-state index contributed by atoms with van der Waals surface area (Å²) in [4.78, 5) is 4.55. The lowest BCUT2D eigenvalue weighted by Crippen LogP contribution is -2.12. The summed E-state index contributed by atoms with van der Waals surface area (Å²) >= 11 is 8.41. The zero-order chi connectivity index (χ0) is 13.8. The monoisotopic (exact) mass is 337 g/mol. The highest BCUT2D eigenvalue weighted by atomic mass is 79.9. The minimum Gasteiger partial charge on any atom is -0.495 e. The summed E-state index contributed by atoms with van der Waals surface area (Å²) in [5, 5.41) is 3.18. The highest BCUT2D eigenvalue weighted by molar-refractivity contribution is 9.10. The Hall–Kier alpha value is -1.66. The van der Waals surface area contributed by atoms with Crippen LogP contribution >= 0.6 is 28.1 Å². The topological polar surface area (TPSA) is 60.2 Å². The third-order valence-corrected chi connectivity index (χ3v) is 3.36. The van der Waals surface area contributed by atoms with Crippen molar-refractivity contribution in [2.24, 2.45) is 5.73 Å². The van der Waals surface area contributed by atoms with Gasteiger partial charge in [-0.3, -0.25) is 0 Å². The quantitative estimate of drug-likeness (QED) is 0.838. The summed E-state index contributed by atoms with van der Waals surface area (Å²) in [5.41, 5.74) is 7.22. The fourth-order valence-corrected chi connectivity index (χ4v) is 2.15. The molecule has 1 aromatic heterocycles. The van der Waals surface area contributed by atoms with Crippen molar-refractivity contribution >= 4 is 44.6 Å². The van der Waals surface area contributed by atoms with E-state index in [-0.39, 0.29) is 0 Å². The molecule has 0 aliphatic rings. The zero-order valence-electron chi connectivity index (χ0n) is 10.2. The molecule has 98 valence electrons. The van der Waals surface area contributed by atoms with Crippen LogP contribution in [0.4, 0.5) is 11.5 Å². The van der Waals surface area contributed by atoms with Gasteiger partial charge in [0.25, 0.3) is 0 Å². The number of methoxy groups -OCH3 is 1. The lowest BCUT2D eigenvalue weighted by molar-refractivity contribution is 0.412. The Labute approximate surface area is 125 Å². The number of pyridine rings is 1. The summed E-state index contributed by atoms with van der Waals surface area (Å²) in [5.74, 6) is 1.36. The minimum atomic E-state index is 0.305. The first-order valence-corrected chi connectivity index (χ1v) is 6.67. The molecule has 0 aliphatic carbocycles. The first-order chi connectivity index (χ1) is 9.11. The van der Waals surface area contributed by atoms with E-state index in [4.69, 9.17) is 22.7 Å². The van der Waals surface area contributed by atoms with Crippen LogP contribution in [0.2, 0.25) is 0 Å². The number of halogens is 1. The number of nitrogens with one attached hydrogen (secondary N) is 1. The van der Waals surface area contributed by atoms with E-state index in [1.807, 2.05) is 24.3 Å². The van der Waals surface area contributed by atoms with Crippen LogP contribution in [0.1, 0.15) is 5.56 Å². The van der Waals surface area contributed by atoms with Gasteiger partial charge in [-0.1, -0.05) is 12.2 Å². The van der Waals surface area contributed by atoms with Crippen molar-refractivity contribution in [1.82, 2.24) is 4.98 Å². The Morgan fingerprint density at radius 3 is 2.89 bits per heavy atom. The smallest absolute Gasteiger partial charge is 0.140 e. The number of benzene rings is 1. The number of hydrogen-bond acceptors (Lipinski definition) is 4. The van der Waals surface area contributed by atoms with E-state index in [1.54, 1.807) is 19.4 Å². The van der Waals surface area contributed by atoms with Crippen molar-refractivity contribution in [3.05, 3.63) is 46.6 Å². The van der Waals surface area contributed by atoms with Gasteiger partial charge >= 0.3 is 0 Å². The molecule has 0 fully saturated rings. The maximum Gasteiger partial charge on any atom is 0.140 e. The summed E-state index contributed by atoms with van der Waals surface area (Å²) in [6.07, 6.45) is 1.68. The molecule has 19 heavy (non-hydrogen) atoms. The molecule has 0 saturated heterocycles. The fraction of sp³-hybridized carbons (Fsp3) is 0.0769. The van der Waals surface area contributed by atoms with Crippen LogP contribution in [0.15, 0.2) is 41.0 Å². The van der Waals surface area contributed by atoms with Crippen molar-refractivity contribution in [1.29, 1.82) is 0 Å². The van der Waals surface area contributed by atoms with Gasteiger partial charge in [-0.2, -0.15) is 0 Å². The summed E-state index contributed by atoms with van der Waals surface area (Å²) in [6.45, 7) is 0. The highest BCUT2D eigenvalue weighted by Crippen LogP contribution is 2.29. The van der Waals surface area contributed by atoms with Gasteiger partial charge in [0.1, 0.15) is 16.6 Å². The second-order valence-corrected chi connectivity index (χ2v) is 5.03. The van der Waals surface area contributed by atoms with E-state index in [1.165, 1.54) is 0 Å². The van der Waals surface area contributed by atoms with Crippen LogP contribution < -0.4 is 15.8 Å². The van der Waals surface area contributed by atoms with Gasteiger partial charge in [-0.05, 0) is 40.2 Å². The molecular weight excluding hydrogens is 326 g/mol. The molecule has 1 heterocycles. The lowest BCUT2D eigenvalue weighted by Gasteiger charge is -2.11. The number of thiocarbonyl (C=S) groups is 1. The predicted molar refractivity (Wildman–Crippen MR) is 84.1 cm³/mol. The largest absolute Gasteiger partial charge is 0.495 e. The summed E-state index contributed by atoms with van der Waals surface area (Å²) in [6, 6.07) is 9.28. The number of aromatic nitrogens is 1. The van der Waals surface area contributed by atoms with E-state index in [2.05, 4.69) is 26.2 Å². The Balaban J connectivity index is 2.34. The molecule has 2 rings (SSSR count). The molecule has 0 atom stereocenters. The fourth-order valence-electron chi connectivity index (χ4n) is 1.58. The second-order valence-electron chi connectivity index (χ2n) is 3.74. The molecule has 3 N–H and O–H groups in total. The number of anilines is 2. The normalized spacial score (nSPS) is 10.0. The average Bonchev–Trinajstić information content (AvgIpc) is 2.41. The minimum absolute atomic E-state index is 0.305. The standard InChI is InChI=1S/C13H12BrN3OS/c1-18-11-7-8(4-5-10(11)14)17-13-9(12(15)19)3-2-6-16-13/h2-7H,1H3,(H2,15,19)(H,16,17). The molecule has 0 radical (unpaired) electrons. The van der Waals surface area contributed by atoms with Crippen LogP contribution in [-0.4, -0.2) is 17.1 Å². The van der Waals surface area contributed by atoms with Crippen molar-refractivity contribution in [2.75, 3.05) is 12.4 Å². The Morgan fingerprint density at radius 2 is 2.21 bits per heavy atom. The second kappa shape index (κ2) is 5.99. The van der Waals surface area contributed by atoms with E-state index < -0.39 is 0 Å². The summed E-state index contributed by atoms with van der Waals surface area (Å²) in [7, 11) is 1.62. The molecule has 1 aromatic carbocycles. The predicted octanol–water partition coefficient (Wildman–Crippen LogP) is 3.23. The van der Waals surface area contributed by atoms with E-state index >= 15 is 0 Å². The van der Waals surface area contributed by atoms with Gasteiger partial charge in [-0.25, -0.2) is 4.98 Å². The van der Waals surface area contributed by atoms with Crippen LogP contribution in [-0.2, 0) is 0 Å². The average molecular weight is 338 g/mol. The van der Waals surface area contributed by atoms with E-state index in [0.29, 0.717) is 16.4 Å². The number of hydrogen-bond donors (Lipinski definition) is 2. The Bertz CT molecular complexity index is 619. The number of ether oxygens (including phenoxy) is 1. The van der Waals surface area contributed by atoms with Crippen LogP contribution in [0, 0.1) is 0 Å².